The summed E-state index contributed by atoms with van der Waals surface area (Å²) in [7, 11) is 0. The molecule has 2 unspecified atom stereocenters. The topological polar surface area (TPSA) is 60.9 Å². The predicted octanol–water partition coefficient (Wildman–Crippen LogP) is 1.97. The predicted molar refractivity (Wildman–Crippen MR) is 74.3 cm³/mol. The average molecular weight is 324 g/mol. The molecule has 1 N–H and O–H groups in total. The van der Waals surface area contributed by atoms with E-state index in [1.165, 1.54) is 6.92 Å². The molecule has 0 aromatic carbocycles. The maximum absolute atomic E-state index is 12.5. The third-order valence-electron chi connectivity index (χ3n) is 3.98. The average Bonchev–Trinajstić information content (AvgIpc) is 2.43. The van der Waals surface area contributed by atoms with E-state index >= 15 is 0 Å². The second-order valence-electron chi connectivity index (χ2n) is 5.56. The van der Waals surface area contributed by atoms with Crippen molar-refractivity contribution in [3.63, 3.8) is 0 Å². The highest BCUT2D eigenvalue weighted by Crippen LogP contribution is 2.24. The highest BCUT2D eigenvalue weighted by atomic mass is 19.4. The Morgan fingerprint density at radius 3 is 2.45 bits per heavy atom. The van der Waals surface area contributed by atoms with Crippen LogP contribution in [0.15, 0.2) is 0 Å². The smallest absolute Gasteiger partial charge is 0.406 e. The Bertz CT molecular complexity index is 401. The summed E-state index contributed by atoms with van der Waals surface area (Å²) in [6.07, 6.45) is -2.91. The molecule has 0 radical (unpaired) electrons. The van der Waals surface area contributed by atoms with Crippen LogP contribution in [0.4, 0.5) is 13.2 Å². The lowest BCUT2D eigenvalue weighted by Crippen LogP contribution is -2.51. The maximum atomic E-state index is 12.5. The van der Waals surface area contributed by atoms with Crippen LogP contribution in [-0.2, 0) is 9.59 Å². The molecular weight excluding hydrogens is 301 g/mol. The van der Waals surface area contributed by atoms with Crippen LogP contribution in [0.25, 0.3) is 0 Å². The minimum atomic E-state index is -4.42. The van der Waals surface area contributed by atoms with Crippen molar-refractivity contribution < 1.29 is 27.9 Å². The molecule has 1 amide bonds. The molecule has 2 atom stereocenters. The molecule has 5 nitrogen and oxygen atoms in total. The van der Waals surface area contributed by atoms with Crippen LogP contribution in [0.5, 0.6) is 0 Å². The SMILES string of the molecule is CCC(C(=O)O)N1CCCC(C(=O)N(CC)CC(F)(F)F)C1. The summed E-state index contributed by atoms with van der Waals surface area (Å²) in [6, 6.07) is -0.687. The normalized spacial score (nSPS) is 21.4. The summed E-state index contributed by atoms with van der Waals surface area (Å²) >= 11 is 0. The standard InChI is InChI=1S/C14H23F3N2O3/c1-3-11(13(21)22)19-7-5-6-10(8-19)12(20)18(4-2)9-14(15,16)17/h10-11H,3-9H2,1-2H3,(H,21,22). The highest BCUT2D eigenvalue weighted by molar-refractivity contribution is 5.79. The molecule has 0 spiro atoms. The van der Waals surface area contributed by atoms with Crippen LogP contribution >= 0.6 is 0 Å². The molecule has 1 saturated heterocycles. The van der Waals surface area contributed by atoms with Gasteiger partial charge in [-0.3, -0.25) is 14.5 Å². The Morgan fingerprint density at radius 1 is 1.36 bits per heavy atom. The number of alkyl halides is 3. The minimum absolute atomic E-state index is 0.00895. The first-order valence-corrected chi connectivity index (χ1v) is 7.52. The van der Waals surface area contributed by atoms with Crippen LogP contribution in [0.1, 0.15) is 33.1 Å². The molecule has 1 rings (SSSR count). The van der Waals surface area contributed by atoms with E-state index in [-0.39, 0.29) is 13.1 Å². The number of carbonyl (C=O) groups excluding carboxylic acids is 1. The number of carboxylic acids is 1. The lowest BCUT2D eigenvalue weighted by Gasteiger charge is -2.37. The van der Waals surface area contributed by atoms with Gasteiger partial charge in [-0.15, -0.1) is 0 Å². The lowest BCUT2D eigenvalue weighted by molar-refractivity contribution is -0.165. The molecule has 1 fully saturated rings. The number of hydrogen-bond donors (Lipinski definition) is 1. The van der Waals surface area contributed by atoms with Crippen LogP contribution in [0, 0.1) is 5.92 Å². The van der Waals surface area contributed by atoms with E-state index in [9.17, 15) is 27.9 Å². The molecule has 8 heteroatoms. The quantitative estimate of drug-likeness (QED) is 0.811. The van der Waals surface area contributed by atoms with Crippen molar-refractivity contribution in [1.29, 1.82) is 0 Å². The van der Waals surface area contributed by atoms with E-state index in [1.54, 1.807) is 11.8 Å². The van der Waals surface area contributed by atoms with Gasteiger partial charge in [-0.25, -0.2) is 0 Å². The number of amides is 1. The van der Waals surface area contributed by atoms with E-state index in [4.69, 9.17) is 0 Å². The van der Waals surface area contributed by atoms with Gasteiger partial charge in [0, 0.05) is 13.1 Å². The third-order valence-corrected chi connectivity index (χ3v) is 3.98. The molecule has 1 aliphatic rings. The summed E-state index contributed by atoms with van der Waals surface area (Å²) in [6.45, 7) is 2.75. The molecule has 0 aliphatic carbocycles. The molecule has 0 bridgehead atoms. The Morgan fingerprint density at radius 2 is 2.00 bits per heavy atom. The van der Waals surface area contributed by atoms with E-state index in [2.05, 4.69) is 0 Å². The first kappa shape index (κ1) is 18.7. The number of aliphatic carboxylic acids is 1. The van der Waals surface area contributed by atoms with Crippen molar-refractivity contribution >= 4 is 11.9 Å². The Hall–Kier alpha value is -1.31. The van der Waals surface area contributed by atoms with Crippen LogP contribution in [0.2, 0.25) is 0 Å². The summed E-state index contributed by atoms with van der Waals surface area (Å²) < 4.78 is 37.5. The van der Waals surface area contributed by atoms with E-state index in [1.807, 2.05) is 0 Å². The van der Waals surface area contributed by atoms with Gasteiger partial charge in [-0.05, 0) is 32.7 Å². The van der Waals surface area contributed by atoms with Gasteiger partial charge in [-0.2, -0.15) is 13.2 Å². The Balaban J connectivity index is 2.74. The fourth-order valence-corrected chi connectivity index (χ4v) is 2.90. The molecular formula is C14H23F3N2O3. The third kappa shape index (κ3) is 5.15. The minimum Gasteiger partial charge on any atom is -0.480 e. The molecule has 22 heavy (non-hydrogen) atoms. The molecule has 0 aromatic rings. The van der Waals surface area contributed by atoms with E-state index < -0.39 is 36.6 Å². The van der Waals surface area contributed by atoms with Gasteiger partial charge in [0.15, 0.2) is 0 Å². The maximum Gasteiger partial charge on any atom is 0.406 e. The van der Waals surface area contributed by atoms with Gasteiger partial charge in [0.1, 0.15) is 12.6 Å². The molecule has 0 saturated carbocycles. The summed E-state index contributed by atoms with van der Waals surface area (Å²) in [5.74, 6) is -2.06. The largest absolute Gasteiger partial charge is 0.480 e. The Kier molecular flexibility index (Phi) is 6.65. The fraction of sp³-hybridized carbons (Fsp3) is 0.857. The zero-order chi connectivity index (χ0) is 16.9. The molecule has 1 aliphatic heterocycles. The summed E-state index contributed by atoms with van der Waals surface area (Å²) in [5.41, 5.74) is 0. The van der Waals surface area contributed by atoms with Crippen LogP contribution < -0.4 is 0 Å². The number of likely N-dealkylation sites (tertiary alicyclic amines) is 1. The number of piperidine rings is 1. The van der Waals surface area contributed by atoms with Crippen molar-refractivity contribution in [2.45, 2.75) is 45.3 Å². The number of halogens is 3. The van der Waals surface area contributed by atoms with Crippen molar-refractivity contribution in [3.8, 4) is 0 Å². The van der Waals surface area contributed by atoms with Crippen molar-refractivity contribution in [2.75, 3.05) is 26.2 Å². The second-order valence-corrected chi connectivity index (χ2v) is 5.56. The van der Waals surface area contributed by atoms with E-state index in [0.29, 0.717) is 25.8 Å². The highest BCUT2D eigenvalue weighted by Gasteiger charge is 2.37. The zero-order valence-electron chi connectivity index (χ0n) is 12.9. The number of rotatable bonds is 6. The Labute approximate surface area is 128 Å². The van der Waals surface area contributed by atoms with Gasteiger partial charge in [-0.1, -0.05) is 6.92 Å². The summed E-state index contributed by atoms with van der Waals surface area (Å²) in [4.78, 5) is 26.0. The lowest BCUT2D eigenvalue weighted by atomic mass is 9.94. The number of carboxylic acid groups (broad SMARTS) is 1. The molecule has 128 valence electrons. The second kappa shape index (κ2) is 7.80. The van der Waals surface area contributed by atoms with E-state index in [0.717, 1.165) is 4.90 Å². The van der Waals surface area contributed by atoms with Gasteiger partial charge in [0.05, 0.1) is 5.92 Å². The van der Waals surface area contributed by atoms with Crippen LogP contribution in [-0.4, -0.2) is 65.2 Å². The van der Waals surface area contributed by atoms with Crippen molar-refractivity contribution in [3.05, 3.63) is 0 Å². The van der Waals surface area contributed by atoms with Gasteiger partial charge in [0.2, 0.25) is 5.91 Å². The van der Waals surface area contributed by atoms with Gasteiger partial charge < -0.3 is 10.0 Å². The van der Waals surface area contributed by atoms with Gasteiger partial charge in [0.25, 0.3) is 0 Å². The van der Waals surface area contributed by atoms with Crippen LogP contribution in [0.3, 0.4) is 0 Å². The van der Waals surface area contributed by atoms with Crippen molar-refractivity contribution in [2.24, 2.45) is 5.92 Å². The molecule has 1 heterocycles. The number of nitrogens with zero attached hydrogens (tertiary/aromatic N) is 2. The fourth-order valence-electron chi connectivity index (χ4n) is 2.90. The monoisotopic (exact) mass is 324 g/mol. The first-order chi connectivity index (χ1) is 10.2. The molecule has 0 aromatic heterocycles. The number of carbonyl (C=O) groups is 2. The van der Waals surface area contributed by atoms with Gasteiger partial charge >= 0.3 is 12.1 Å². The number of hydrogen-bond acceptors (Lipinski definition) is 3. The van der Waals surface area contributed by atoms with Crippen molar-refractivity contribution in [1.82, 2.24) is 9.80 Å². The first-order valence-electron chi connectivity index (χ1n) is 7.52. The summed E-state index contributed by atoms with van der Waals surface area (Å²) in [5, 5.41) is 9.17. The zero-order valence-corrected chi connectivity index (χ0v) is 12.9.